The van der Waals surface area contributed by atoms with Crippen molar-refractivity contribution in [2.75, 3.05) is 32.5 Å². The van der Waals surface area contributed by atoms with Gasteiger partial charge in [-0.1, -0.05) is 18.2 Å². The van der Waals surface area contributed by atoms with E-state index in [4.69, 9.17) is 14.0 Å². The highest BCUT2D eigenvalue weighted by molar-refractivity contribution is 7.99. The molecule has 2 aliphatic rings. The molecular formula is C29H32N2O7S. The van der Waals surface area contributed by atoms with Crippen molar-refractivity contribution in [3.63, 3.8) is 0 Å². The summed E-state index contributed by atoms with van der Waals surface area (Å²) >= 11 is 1.53. The van der Waals surface area contributed by atoms with Crippen LogP contribution in [0.3, 0.4) is 0 Å². The molecule has 2 aromatic carbocycles. The number of thioether (sulfide) groups is 1. The minimum atomic E-state index is -0.385. The molecule has 0 spiro atoms. The van der Waals surface area contributed by atoms with E-state index in [-0.39, 0.29) is 40.1 Å². The van der Waals surface area contributed by atoms with Crippen LogP contribution >= 0.6 is 11.8 Å². The average molecular weight is 553 g/mol. The first-order chi connectivity index (χ1) is 18.9. The topological polar surface area (TPSA) is 121 Å². The minimum Gasteiger partial charge on any atom is -0.507 e. The Morgan fingerprint density at radius 2 is 2.00 bits per heavy atom. The molecule has 1 aromatic heterocycles. The second-order valence-corrected chi connectivity index (χ2v) is 10.9. The lowest BCUT2D eigenvalue weighted by atomic mass is 9.96. The van der Waals surface area contributed by atoms with E-state index < -0.39 is 0 Å². The predicted molar refractivity (Wildman–Crippen MR) is 150 cm³/mol. The summed E-state index contributed by atoms with van der Waals surface area (Å²) in [5.41, 5.74) is 4.26. The van der Waals surface area contributed by atoms with E-state index >= 15 is 0 Å². The number of hydroxylamine groups is 1. The fourth-order valence-electron chi connectivity index (χ4n) is 4.72. The lowest BCUT2D eigenvalue weighted by molar-refractivity contribution is -0.200. The van der Waals surface area contributed by atoms with Crippen molar-refractivity contribution in [3.05, 3.63) is 58.3 Å². The number of nitrogens with zero attached hydrogens (tertiary/aromatic N) is 1. The number of hydrogen-bond donors (Lipinski definition) is 3. The van der Waals surface area contributed by atoms with Gasteiger partial charge < -0.3 is 24.3 Å². The lowest BCUT2D eigenvalue weighted by Crippen LogP contribution is -2.33. The number of rotatable bonds is 8. The number of likely N-dealkylation sites (N-methyl/N-ethyl adjacent to an activating group) is 1. The molecule has 3 aromatic rings. The second-order valence-electron chi connectivity index (χ2n) is 9.77. The highest BCUT2D eigenvalue weighted by atomic mass is 32.2. The van der Waals surface area contributed by atoms with Gasteiger partial charge in [0.25, 0.3) is 0 Å². The molecule has 0 radical (unpaired) electrons. The zero-order valence-corrected chi connectivity index (χ0v) is 22.6. The number of carbonyl (C=O) groups excluding carboxylic acids is 1. The monoisotopic (exact) mass is 552 g/mol. The molecule has 1 atom stereocenters. The highest BCUT2D eigenvalue weighted by Crippen LogP contribution is 2.40. The van der Waals surface area contributed by atoms with Crippen molar-refractivity contribution in [2.45, 2.75) is 43.3 Å². The summed E-state index contributed by atoms with van der Waals surface area (Å²) in [5.74, 6) is 0.270. The minimum absolute atomic E-state index is 0.0517. The van der Waals surface area contributed by atoms with Crippen molar-refractivity contribution in [2.24, 2.45) is 0 Å². The average Bonchev–Trinajstić information content (AvgIpc) is 2.93. The van der Waals surface area contributed by atoms with E-state index in [1.807, 2.05) is 37.4 Å². The van der Waals surface area contributed by atoms with Crippen LogP contribution in [0.4, 0.5) is 0 Å². The maximum Gasteiger partial charge on any atom is 0.244 e. The number of aromatic hydroxyl groups is 2. The van der Waals surface area contributed by atoms with Crippen LogP contribution in [0.1, 0.15) is 37.7 Å². The van der Waals surface area contributed by atoms with Gasteiger partial charge in [0.1, 0.15) is 22.6 Å². The molecule has 10 heteroatoms. The number of benzene rings is 2. The third kappa shape index (κ3) is 6.47. The maximum atomic E-state index is 13.0. The van der Waals surface area contributed by atoms with Crippen LogP contribution in [0.2, 0.25) is 0 Å². The van der Waals surface area contributed by atoms with Gasteiger partial charge in [0.05, 0.1) is 5.56 Å². The first-order valence-corrected chi connectivity index (χ1v) is 14.1. The van der Waals surface area contributed by atoms with Crippen LogP contribution in [0.5, 0.6) is 11.5 Å². The Morgan fingerprint density at radius 3 is 2.72 bits per heavy atom. The molecule has 3 N–H and O–H groups in total. The Hall–Kier alpha value is -3.31. The molecule has 9 nitrogen and oxygen atoms in total. The Labute approximate surface area is 230 Å². The van der Waals surface area contributed by atoms with Crippen molar-refractivity contribution in [1.29, 1.82) is 0 Å². The van der Waals surface area contributed by atoms with E-state index in [9.17, 15) is 19.8 Å². The van der Waals surface area contributed by atoms with Gasteiger partial charge in [-0.2, -0.15) is 0 Å². The van der Waals surface area contributed by atoms with E-state index in [0.717, 1.165) is 36.3 Å². The molecule has 0 saturated carbocycles. The van der Waals surface area contributed by atoms with Crippen molar-refractivity contribution >= 4 is 34.2 Å². The number of hydrogen-bond acceptors (Lipinski definition) is 9. The summed E-state index contributed by atoms with van der Waals surface area (Å²) < 4.78 is 11.6. The van der Waals surface area contributed by atoms with Gasteiger partial charge in [-0.05, 0) is 44.0 Å². The molecule has 39 heavy (non-hydrogen) atoms. The van der Waals surface area contributed by atoms with E-state index in [0.29, 0.717) is 48.6 Å². The zero-order valence-electron chi connectivity index (χ0n) is 21.8. The maximum absolute atomic E-state index is 13.0. The Bertz CT molecular complexity index is 1430. The third-order valence-corrected chi connectivity index (χ3v) is 7.89. The Kier molecular flexibility index (Phi) is 8.56. The number of phenolic OH excluding ortho intramolecular Hbond substituents is 2. The number of fused-ring (bicyclic) bond motifs is 1. The van der Waals surface area contributed by atoms with Crippen molar-refractivity contribution in [1.82, 2.24) is 10.4 Å². The van der Waals surface area contributed by atoms with Crippen LogP contribution < -0.4 is 10.9 Å². The van der Waals surface area contributed by atoms with E-state index in [2.05, 4.69) is 10.4 Å². The molecule has 1 saturated heterocycles. The summed E-state index contributed by atoms with van der Waals surface area (Å²) in [4.78, 5) is 33.5. The van der Waals surface area contributed by atoms with E-state index in [1.165, 1.54) is 23.9 Å². The first-order valence-electron chi connectivity index (χ1n) is 13.1. The summed E-state index contributed by atoms with van der Waals surface area (Å²) in [6, 6.07) is 10.0. The largest absolute Gasteiger partial charge is 0.507 e. The molecule has 1 unspecified atom stereocenters. The normalized spacial score (nSPS) is 18.2. The van der Waals surface area contributed by atoms with Gasteiger partial charge in [0.15, 0.2) is 17.3 Å². The summed E-state index contributed by atoms with van der Waals surface area (Å²) in [6.45, 7) is 2.17. The number of phenols is 2. The number of ether oxygens (including phenoxy) is 1. The fourth-order valence-corrected chi connectivity index (χ4v) is 5.57. The first kappa shape index (κ1) is 27.3. The quantitative estimate of drug-likeness (QED) is 0.271. The fraction of sp³-hybridized carbons (Fsp3) is 0.379. The van der Waals surface area contributed by atoms with Gasteiger partial charge in [-0.25, -0.2) is 10.3 Å². The molecule has 2 aliphatic heterocycles. The zero-order chi connectivity index (χ0) is 27.4. The van der Waals surface area contributed by atoms with Gasteiger partial charge in [-0.3, -0.25) is 9.59 Å². The van der Waals surface area contributed by atoms with Crippen LogP contribution in [-0.4, -0.2) is 59.8 Å². The van der Waals surface area contributed by atoms with Gasteiger partial charge >= 0.3 is 0 Å². The number of carbonyl (C=O) groups is 1. The molecule has 206 valence electrons. The van der Waals surface area contributed by atoms with Crippen molar-refractivity contribution in [3.8, 4) is 22.8 Å². The molecule has 3 heterocycles. The van der Waals surface area contributed by atoms with Gasteiger partial charge in [-0.15, -0.1) is 11.8 Å². The second kappa shape index (κ2) is 12.3. The number of amides is 1. The smallest absolute Gasteiger partial charge is 0.244 e. The summed E-state index contributed by atoms with van der Waals surface area (Å²) in [6.07, 6.45) is 5.42. The molecular weight excluding hydrogens is 520 g/mol. The Morgan fingerprint density at radius 1 is 1.18 bits per heavy atom. The van der Waals surface area contributed by atoms with Crippen LogP contribution in [-0.2, 0) is 14.4 Å². The standard InChI is InChI=1S/C29H32N2O7S/c1-31-12-9-19(10-13-31)27-21(32)16-22(33)28-23(34)17-24(37-29(27)28)18-5-7-20(8-6-18)39-15-11-25(35)30-38-26-4-2-3-14-36-26/h5-9,16-17,26,32-33H,2-4,10-15H2,1H3,(H,30,35). The van der Waals surface area contributed by atoms with Gasteiger partial charge in [0, 0.05) is 60.9 Å². The SMILES string of the molecule is CN1CC=C(c2c(O)cc(O)c3c(=O)cc(-c4ccc(SCCC(=O)NOC5CCCCO5)cc4)oc23)CC1. The highest BCUT2D eigenvalue weighted by Gasteiger charge is 2.22. The predicted octanol–water partition coefficient (Wildman–Crippen LogP) is 4.65. The van der Waals surface area contributed by atoms with Crippen molar-refractivity contribution < 1.29 is 29.0 Å². The Balaban J connectivity index is 1.29. The lowest BCUT2D eigenvalue weighted by Gasteiger charge is -2.23. The van der Waals surface area contributed by atoms with Gasteiger partial charge in [0.2, 0.25) is 5.91 Å². The van der Waals surface area contributed by atoms with Crippen LogP contribution in [0.15, 0.2) is 56.6 Å². The summed E-state index contributed by atoms with van der Waals surface area (Å²) in [7, 11) is 2.01. The summed E-state index contributed by atoms with van der Waals surface area (Å²) in [5, 5.41) is 21.2. The molecule has 5 rings (SSSR count). The molecule has 0 bridgehead atoms. The van der Waals surface area contributed by atoms with Crippen LogP contribution in [0.25, 0.3) is 27.9 Å². The third-order valence-electron chi connectivity index (χ3n) is 6.87. The number of nitrogens with one attached hydrogen (secondary N) is 1. The molecule has 0 aliphatic carbocycles. The van der Waals surface area contributed by atoms with E-state index in [1.54, 1.807) is 0 Å². The molecule has 1 amide bonds. The molecule has 1 fully saturated rings. The van der Waals surface area contributed by atoms with Crippen LogP contribution in [0, 0.1) is 0 Å².